The molecule has 0 amide bonds. The Balaban J connectivity index is 2.24. The molecule has 0 aromatic heterocycles. The van der Waals surface area contributed by atoms with Gasteiger partial charge in [0.05, 0.1) is 13.2 Å². The zero-order valence-electron chi connectivity index (χ0n) is 4.14. The van der Waals surface area contributed by atoms with Gasteiger partial charge in [0.15, 0.2) is 0 Å². The van der Waals surface area contributed by atoms with Crippen molar-refractivity contribution in [3.05, 3.63) is 0 Å². The third-order valence-corrected chi connectivity index (χ3v) is 0.853. The van der Waals surface area contributed by atoms with Crippen LogP contribution in [0.25, 0.3) is 0 Å². The van der Waals surface area contributed by atoms with Crippen molar-refractivity contribution in [3.63, 3.8) is 0 Å². The van der Waals surface area contributed by atoms with Gasteiger partial charge in [0.25, 0.3) is 6.43 Å². The maximum atomic E-state index is 11.5. The minimum Gasteiger partial charge on any atom is -0.345 e. The van der Waals surface area contributed by atoms with Crippen LogP contribution in [0.5, 0.6) is 0 Å². The molecule has 1 heterocycles. The average Bonchev–Trinajstić information content (AvgIpc) is 2.12. The smallest absolute Gasteiger partial charge is 0.288 e. The molecule has 1 rings (SSSR count). The molecule has 0 spiro atoms. The number of hydrogen-bond acceptors (Lipinski definition) is 2. The van der Waals surface area contributed by atoms with Crippen molar-refractivity contribution in [3.8, 4) is 0 Å². The van der Waals surface area contributed by atoms with E-state index in [-0.39, 0.29) is 13.2 Å². The number of ether oxygens (including phenoxy) is 2. The monoisotopic (exact) mass is 124 g/mol. The molecule has 1 fully saturated rings. The Kier molecular flexibility index (Phi) is 1.75. The fourth-order valence-corrected chi connectivity index (χ4v) is 0.522. The molecule has 0 unspecified atom stereocenters. The molecule has 0 aromatic rings. The Morgan fingerprint density at radius 1 is 1.25 bits per heavy atom. The van der Waals surface area contributed by atoms with Crippen molar-refractivity contribution in [2.75, 3.05) is 13.2 Å². The molecule has 0 aliphatic carbocycles. The maximum absolute atomic E-state index is 11.5. The lowest BCUT2D eigenvalue weighted by Gasteiger charge is -2.04. The molecule has 2 nitrogen and oxygen atoms in total. The van der Waals surface area contributed by atoms with Gasteiger partial charge < -0.3 is 9.47 Å². The first-order chi connectivity index (χ1) is 3.80. The highest BCUT2D eigenvalue weighted by atomic mass is 19.3. The topological polar surface area (TPSA) is 18.5 Å². The summed E-state index contributed by atoms with van der Waals surface area (Å²) in [7, 11) is 0. The third-order valence-electron chi connectivity index (χ3n) is 0.853. The van der Waals surface area contributed by atoms with Crippen LogP contribution in [0.3, 0.4) is 0 Å². The molecule has 0 aromatic carbocycles. The maximum Gasteiger partial charge on any atom is 0.288 e. The molecule has 0 N–H and O–H groups in total. The molecule has 48 valence electrons. The van der Waals surface area contributed by atoms with Crippen LogP contribution in [0.15, 0.2) is 0 Å². The Hall–Kier alpha value is -0.220. The second-order valence-corrected chi connectivity index (χ2v) is 1.44. The van der Waals surface area contributed by atoms with Crippen molar-refractivity contribution in [2.24, 2.45) is 0 Å². The fourth-order valence-electron chi connectivity index (χ4n) is 0.522. The first-order valence-electron chi connectivity index (χ1n) is 2.32. The summed E-state index contributed by atoms with van der Waals surface area (Å²) in [4.78, 5) is 0. The molecule has 4 heteroatoms. The highest BCUT2D eigenvalue weighted by molar-refractivity contribution is 4.52. The van der Waals surface area contributed by atoms with Crippen LogP contribution in [0, 0.1) is 0 Å². The van der Waals surface area contributed by atoms with E-state index in [1.54, 1.807) is 0 Å². The standard InChI is InChI=1S/C4H6F2O2/c5-3(6)4-7-1-2-8-4/h3-4H,1-2H2. The lowest BCUT2D eigenvalue weighted by molar-refractivity contribution is -0.136. The SMILES string of the molecule is FC(F)C1OCCO1. The first kappa shape index (κ1) is 5.91. The molecule has 0 atom stereocenters. The molecule has 0 radical (unpaired) electrons. The number of hydrogen-bond donors (Lipinski definition) is 0. The van der Waals surface area contributed by atoms with Crippen LogP contribution >= 0.6 is 0 Å². The molecule has 0 bridgehead atoms. The van der Waals surface area contributed by atoms with Crippen LogP contribution in [0.4, 0.5) is 8.78 Å². The summed E-state index contributed by atoms with van der Waals surface area (Å²) in [5, 5.41) is 0. The van der Waals surface area contributed by atoms with Crippen LogP contribution in [0.1, 0.15) is 0 Å². The van der Waals surface area contributed by atoms with E-state index in [1.165, 1.54) is 0 Å². The Bertz CT molecular complexity index is 70.4. The van der Waals surface area contributed by atoms with Crippen LogP contribution in [-0.4, -0.2) is 25.9 Å². The molecular weight excluding hydrogens is 118 g/mol. The van der Waals surface area contributed by atoms with E-state index in [0.29, 0.717) is 0 Å². The lowest BCUT2D eigenvalue weighted by atomic mass is 10.7. The summed E-state index contributed by atoms with van der Waals surface area (Å²) in [5.74, 6) is 0. The second-order valence-electron chi connectivity index (χ2n) is 1.44. The molecule has 1 aliphatic rings. The minimum absolute atomic E-state index is 0.287. The van der Waals surface area contributed by atoms with Gasteiger partial charge in [0, 0.05) is 0 Å². The summed E-state index contributed by atoms with van der Waals surface area (Å²) in [5.41, 5.74) is 0. The number of halogens is 2. The van der Waals surface area contributed by atoms with Gasteiger partial charge in [-0.3, -0.25) is 0 Å². The van der Waals surface area contributed by atoms with Crippen molar-refractivity contribution < 1.29 is 18.3 Å². The average molecular weight is 124 g/mol. The molecular formula is C4H6F2O2. The number of alkyl halides is 2. The summed E-state index contributed by atoms with van der Waals surface area (Å²) in [6, 6.07) is 0. The predicted molar refractivity (Wildman–Crippen MR) is 21.7 cm³/mol. The van der Waals surface area contributed by atoms with E-state index in [1.807, 2.05) is 0 Å². The Morgan fingerprint density at radius 3 is 2.00 bits per heavy atom. The van der Waals surface area contributed by atoms with Gasteiger partial charge in [-0.15, -0.1) is 0 Å². The summed E-state index contributed by atoms with van der Waals surface area (Å²) in [6.45, 7) is 0.573. The van der Waals surface area contributed by atoms with E-state index >= 15 is 0 Å². The van der Waals surface area contributed by atoms with Crippen molar-refractivity contribution in [1.29, 1.82) is 0 Å². The van der Waals surface area contributed by atoms with Gasteiger partial charge in [-0.25, -0.2) is 8.78 Å². The van der Waals surface area contributed by atoms with Crippen LogP contribution in [-0.2, 0) is 9.47 Å². The fraction of sp³-hybridized carbons (Fsp3) is 1.00. The highest BCUT2D eigenvalue weighted by Gasteiger charge is 2.25. The highest BCUT2D eigenvalue weighted by Crippen LogP contribution is 2.11. The van der Waals surface area contributed by atoms with E-state index in [0.717, 1.165) is 0 Å². The normalized spacial score (nSPS) is 22.9. The van der Waals surface area contributed by atoms with Gasteiger partial charge in [0.1, 0.15) is 0 Å². The number of rotatable bonds is 1. The van der Waals surface area contributed by atoms with Crippen LogP contribution in [0.2, 0.25) is 0 Å². The molecule has 8 heavy (non-hydrogen) atoms. The van der Waals surface area contributed by atoms with Gasteiger partial charge >= 0.3 is 0 Å². The van der Waals surface area contributed by atoms with Gasteiger partial charge in [-0.05, 0) is 0 Å². The predicted octanol–water partition coefficient (Wildman–Crippen LogP) is 0.624. The lowest BCUT2D eigenvalue weighted by Crippen LogP contribution is -2.17. The quantitative estimate of drug-likeness (QED) is 0.510. The summed E-state index contributed by atoms with van der Waals surface area (Å²) < 4.78 is 31.9. The van der Waals surface area contributed by atoms with Crippen molar-refractivity contribution in [1.82, 2.24) is 0 Å². The summed E-state index contributed by atoms with van der Waals surface area (Å²) in [6.07, 6.45) is -3.77. The van der Waals surface area contributed by atoms with Gasteiger partial charge in [0.2, 0.25) is 6.29 Å². The van der Waals surface area contributed by atoms with Gasteiger partial charge in [-0.1, -0.05) is 0 Å². The zero-order chi connectivity index (χ0) is 5.98. The van der Waals surface area contributed by atoms with Crippen LogP contribution < -0.4 is 0 Å². The van der Waals surface area contributed by atoms with E-state index < -0.39 is 12.7 Å². The largest absolute Gasteiger partial charge is 0.345 e. The van der Waals surface area contributed by atoms with Crippen molar-refractivity contribution in [2.45, 2.75) is 12.7 Å². The second kappa shape index (κ2) is 2.37. The third kappa shape index (κ3) is 1.14. The summed E-state index contributed by atoms with van der Waals surface area (Å²) >= 11 is 0. The van der Waals surface area contributed by atoms with E-state index in [4.69, 9.17) is 0 Å². The minimum atomic E-state index is -2.50. The molecule has 0 saturated carbocycles. The Morgan fingerprint density at radius 2 is 1.75 bits per heavy atom. The van der Waals surface area contributed by atoms with E-state index in [2.05, 4.69) is 9.47 Å². The molecule has 1 saturated heterocycles. The molecule has 1 aliphatic heterocycles. The van der Waals surface area contributed by atoms with Crippen molar-refractivity contribution >= 4 is 0 Å². The Labute approximate surface area is 45.4 Å². The zero-order valence-corrected chi connectivity index (χ0v) is 4.14. The van der Waals surface area contributed by atoms with E-state index in [9.17, 15) is 8.78 Å². The van der Waals surface area contributed by atoms with Gasteiger partial charge in [-0.2, -0.15) is 0 Å². The first-order valence-corrected chi connectivity index (χ1v) is 2.32.